The van der Waals surface area contributed by atoms with E-state index in [4.69, 9.17) is 4.74 Å². The quantitative estimate of drug-likeness (QED) is 0.702. The summed E-state index contributed by atoms with van der Waals surface area (Å²) in [5.74, 6) is 6.14. The largest absolute Gasteiger partial charge is 0.374 e. The molecule has 1 rings (SSSR count). The van der Waals surface area contributed by atoms with Crippen molar-refractivity contribution in [3.8, 4) is 11.8 Å². The van der Waals surface area contributed by atoms with Crippen LogP contribution in [0.4, 0.5) is 0 Å². The van der Waals surface area contributed by atoms with Crippen LogP contribution >= 0.6 is 0 Å². The van der Waals surface area contributed by atoms with Crippen LogP contribution in [0, 0.1) is 11.8 Å². The zero-order valence-corrected chi connectivity index (χ0v) is 10.2. The average Bonchev–Trinajstić information content (AvgIpc) is 2.66. The second-order valence-electron chi connectivity index (χ2n) is 4.40. The third-order valence-corrected chi connectivity index (χ3v) is 3.11. The molecule has 0 amide bonds. The zero-order chi connectivity index (χ0) is 11.1. The molecule has 0 aromatic carbocycles. The van der Waals surface area contributed by atoms with E-state index in [1.807, 2.05) is 6.92 Å². The van der Waals surface area contributed by atoms with Gasteiger partial charge in [-0.25, -0.2) is 0 Å². The lowest BCUT2D eigenvalue weighted by atomic mass is 9.90. The normalized spacial score (nSPS) is 27.1. The molecule has 0 aromatic heterocycles. The first kappa shape index (κ1) is 12.5. The Hall–Kier alpha value is -0.520. The molecular formula is C13H23NO. The minimum absolute atomic E-state index is 0.000972. The molecule has 1 saturated heterocycles. The van der Waals surface area contributed by atoms with Crippen LogP contribution in [0.25, 0.3) is 0 Å². The maximum Gasteiger partial charge on any atom is 0.0816 e. The van der Waals surface area contributed by atoms with Gasteiger partial charge < -0.3 is 10.1 Å². The van der Waals surface area contributed by atoms with Crippen molar-refractivity contribution in [3.05, 3.63) is 0 Å². The lowest BCUT2D eigenvalue weighted by Gasteiger charge is -2.33. The van der Waals surface area contributed by atoms with Crippen molar-refractivity contribution < 1.29 is 4.74 Å². The molecule has 0 aromatic rings. The first-order chi connectivity index (χ1) is 7.23. The SMILES string of the molecule is CC#CCC(NCCC)C1(C)CCCO1. The molecule has 15 heavy (non-hydrogen) atoms. The number of nitrogens with one attached hydrogen (secondary N) is 1. The molecule has 1 N–H and O–H groups in total. The standard InChI is InChI=1S/C13H23NO/c1-4-6-8-12(14-10-5-2)13(3)9-7-11-15-13/h12,14H,5,7-11H2,1-3H3. The monoisotopic (exact) mass is 209 g/mol. The fourth-order valence-electron chi connectivity index (χ4n) is 2.10. The summed E-state index contributed by atoms with van der Waals surface area (Å²) in [6, 6.07) is 0.382. The van der Waals surface area contributed by atoms with E-state index in [-0.39, 0.29) is 5.60 Å². The van der Waals surface area contributed by atoms with Gasteiger partial charge in [0.15, 0.2) is 0 Å². The Balaban J connectivity index is 2.55. The maximum atomic E-state index is 5.87. The van der Waals surface area contributed by atoms with Crippen LogP contribution in [0.5, 0.6) is 0 Å². The molecule has 0 radical (unpaired) electrons. The highest BCUT2D eigenvalue weighted by Gasteiger charge is 2.37. The van der Waals surface area contributed by atoms with Crippen molar-refractivity contribution in [1.82, 2.24) is 5.32 Å². The highest BCUT2D eigenvalue weighted by molar-refractivity contribution is 5.04. The number of hydrogen-bond acceptors (Lipinski definition) is 2. The Kier molecular flexibility index (Phi) is 5.14. The lowest BCUT2D eigenvalue weighted by molar-refractivity contribution is -0.0101. The van der Waals surface area contributed by atoms with Crippen LogP contribution in [-0.2, 0) is 4.74 Å². The average molecular weight is 209 g/mol. The zero-order valence-electron chi connectivity index (χ0n) is 10.2. The van der Waals surface area contributed by atoms with Crippen LogP contribution in [-0.4, -0.2) is 24.8 Å². The summed E-state index contributed by atoms with van der Waals surface area (Å²) in [5, 5.41) is 3.56. The number of hydrogen-bond donors (Lipinski definition) is 1. The smallest absolute Gasteiger partial charge is 0.0816 e. The molecule has 2 heteroatoms. The van der Waals surface area contributed by atoms with Crippen molar-refractivity contribution in [3.63, 3.8) is 0 Å². The molecule has 2 nitrogen and oxygen atoms in total. The lowest BCUT2D eigenvalue weighted by Crippen LogP contribution is -2.48. The summed E-state index contributed by atoms with van der Waals surface area (Å²) < 4.78 is 5.87. The van der Waals surface area contributed by atoms with Crippen LogP contribution in [0.3, 0.4) is 0 Å². The van der Waals surface area contributed by atoms with Gasteiger partial charge in [0.05, 0.1) is 5.60 Å². The van der Waals surface area contributed by atoms with Gasteiger partial charge >= 0.3 is 0 Å². The van der Waals surface area contributed by atoms with Crippen molar-refractivity contribution in [2.75, 3.05) is 13.2 Å². The van der Waals surface area contributed by atoms with E-state index in [1.54, 1.807) is 0 Å². The van der Waals surface area contributed by atoms with Crippen molar-refractivity contribution in [2.24, 2.45) is 0 Å². The van der Waals surface area contributed by atoms with E-state index in [0.717, 1.165) is 32.4 Å². The maximum absolute atomic E-state index is 5.87. The predicted molar refractivity (Wildman–Crippen MR) is 63.7 cm³/mol. The molecular weight excluding hydrogens is 186 g/mol. The Morgan fingerprint density at radius 2 is 2.33 bits per heavy atom. The second kappa shape index (κ2) is 6.15. The van der Waals surface area contributed by atoms with Crippen LogP contribution < -0.4 is 5.32 Å². The van der Waals surface area contributed by atoms with Gasteiger partial charge in [0.25, 0.3) is 0 Å². The molecule has 2 atom stereocenters. The van der Waals surface area contributed by atoms with E-state index in [9.17, 15) is 0 Å². The molecule has 1 aliphatic rings. The minimum atomic E-state index is -0.000972. The molecule has 0 bridgehead atoms. The topological polar surface area (TPSA) is 21.3 Å². The third-order valence-electron chi connectivity index (χ3n) is 3.11. The summed E-state index contributed by atoms with van der Waals surface area (Å²) in [7, 11) is 0. The van der Waals surface area contributed by atoms with Gasteiger partial charge in [-0.3, -0.25) is 0 Å². The highest BCUT2D eigenvalue weighted by atomic mass is 16.5. The van der Waals surface area contributed by atoms with Crippen LogP contribution in [0.15, 0.2) is 0 Å². The highest BCUT2D eigenvalue weighted by Crippen LogP contribution is 2.29. The number of rotatable bonds is 5. The van der Waals surface area contributed by atoms with Crippen LogP contribution in [0.1, 0.15) is 46.5 Å². The molecule has 1 fully saturated rings. The van der Waals surface area contributed by atoms with Gasteiger partial charge in [-0.05, 0) is 39.7 Å². The molecule has 1 heterocycles. The van der Waals surface area contributed by atoms with E-state index in [2.05, 4.69) is 31.0 Å². The molecule has 0 saturated carbocycles. The van der Waals surface area contributed by atoms with Gasteiger partial charge in [0.1, 0.15) is 0 Å². The second-order valence-corrected chi connectivity index (χ2v) is 4.40. The Morgan fingerprint density at radius 1 is 1.53 bits per heavy atom. The predicted octanol–water partition coefficient (Wildman–Crippen LogP) is 2.34. The van der Waals surface area contributed by atoms with Crippen LogP contribution in [0.2, 0.25) is 0 Å². The summed E-state index contributed by atoms with van der Waals surface area (Å²) in [6.07, 6.45) is 4.39. The fourth-order valence-corrected chi connectivity index (χ4v) is 2.10. The van der Waals surface area contributed by atoms with E-state index < -0.39 is 0 Å². The van der Waals surface area contributed by atoms with Crippen molar-refractivity contribution in [2.45, 2.75) is 58.1 Å². The molecule has 1 aliphatic heterocycles. The minimum Gasteiger partial charge on any atom is -0.374 e. The summed E-state index contributed by atoms with van der Waals surface area (Å²) in [4.78, 5) is 0. The Labute approximate surface area is 93.8 Å². The van der Waals surface area contributed by atoms with E-state index >= 15 is 0 Å². The summed E-state index contributed by atoms with van der Waals surface area (Å²) in [5.41, 5.74) is -0.000972. The summed E-state index contributed by atoms with van der Waals surface area (Å²) >= 11 is 0. The van der Waals surface area contributed by atoms with E-state index in [1.165, 1.54) is 6.42 Å². The Bertz CT molecular complexity index is 233. The van der Waals surface area contributed by atoms with Gasteiger partial charge in [-0.1, -0.05) is 6.92 Å². The first-order valence-corrected chi connectivity index (χ1v) is 6.00. The van der Waals surface area contributed by atoms with Gasteiger partial charge in [-0.2, -0.15) is 0 Å². The molecule has 0 spiro atoms. The summed E-state index contributed by atoms with van der Waals surface area (Å²) in [6.45, 7) is 8.25. The molecule has 86 valence electrons. The first-order valence-electron chi connectivity index (χ1n) is 6.00. The van der Waals surface area contributed by atoms with E-state index in [0.29, 0.717) is 6.04 Å². The van der Waals surface area contributed by atoms with Gasteiger partial charge in [0.2, 0.25) is 0 Å². The number of ether oxygens (including phenoxy) is 1. The van der Waals surface area contributed by atoms with Gasteiger partial charge in [0, 0.05) is 19.1 Å². The fraction of sp³-hybridized carbons (Fsp3) is 0.846. The van der Waals surface area contributed by atoms with Crippen molar-refractivity contribution >= 4 is 0 Å². The molecule has 2 unspecified atom stereocenters. The van der Waals surface area contributed by atoms with Gasteiger partial charge in [-0.15, -0.1) is 11.8 Å². The third kappa shape index (κ3) is 3.52. The van der Waals surface area contributed by atoms with Crippen molar-refractivity contribution in [1.29, 1.82) is 0 Å². The molecule has 0 aliphatic carbocycles. The Morgan fingerprint density at radius 3 is 2.87 bits per heavy atom.